The molecule has 1 aliphatic rings. The highest BCUT2D eigenvalue weighted by Gasteiger charge is 2.17. The minimum Gasteiger partial charge on any atom is -0.382 e. The van der Waals surface area contributed by atoms with E-state index in [1.54, 1.807) is 13.0 Å². The van der Waals surface area contributed by atoms with Crippen molar-refractivity contribution >= 4 is 11.4 Å². The second-order valence-electron chi connectivity index (χ2n) is 5.19. The van der Waals surface area contributed by atoms with Crippen molar-refractivity contribution < 1.29 is 4.92 Å². The topological polar surface area (TPSA) is 55.2 Å². The van der Waals surface area contributed by atoms with E-state index in [4.69, 9.17) is 0 Å². The van der Waals surface area contributed by atoms with Crippen molar-refractivity contribution in [3.8, 4) is 0 Å². The molecule has 0 bridgehead atoms. The second-order valence-corrected chi connectivity index (χ2v) is 5.19. The van der Waals surface area contributed by atoms with E-state index in [9.17, 15) is 10.1 Å². The maximum Gasteiger partial charge on any atom is 0.272 e. The molecule has 0 saturated heterocycles. The zero-order chi connectivity index (χ0) is 13.1. The highest BCUT2D eigenvalue weighted by Crippen LogP contribution is 2.28. The van der Waals surface area contributed by atoms with Gasteiger partial charge in [0, 0.05) is 23.4 Å². The summed E-state index contributed by atoms with van der Waals surface area (Å²) < 4.78 is 0. The molecule has 1 fully saturated rings. The summed E-state index contributed by atoms with van der Waals surface area (Å²) in [7, 11) is 0. The minimum absolute atomic E-state index is 0.210. The lowest BCUT2D eigenvalue weighted by molar-refractivity contribution is -0.385. The standard InChI is InChI=1S/C14H20N2O2/c1-10-9-14(16(17)18)11(2)8-13(10)15-12-6-4-3-5-7-12/h8-9,12,15H,3-7H2,1-2H3. The Kier molecular flexibility index (Phi) is 3.84. The maximum absolute atomic E-state index is 10.9. The van der Waals surface area contributed by atoms with Gasteiger partial charge >= 0.3 is 0 Å². The number of hydrogen-bond acceptors (Lipinski definition) is 3. The number of hydrogen-bond donors (Lipinski definition) is 1. The molecule has 0 atom stereocenters. The van der Waals surface area contributed by atoms with Crippen molar-refractivity contribution in [3.63, 3.8) is 0 Å². The third-order valence-electron chi connectivity index (χ3n) is 3.70. The van der Waals surface area contributed by atoms with Crippen LogP contribution in [0.4, 0.5) is 11.4 Å². The van der Waals surface area contributed by atoms with Crippen LogP contribution in [0.3, 0.4) is 0 Å². The molecule has 1 aromatic carbocycles. The molecule has 0 amide bonds. The summed E-state index contributed by atoms with van der Waals surface area (Å²) >= 11 is 0. The van der Waals surface area contributed by atoms with E-state index in [2.05, 4.69) is 5.32 Å². The number of nitro benzene ring substituents is 1. The largest absolute Gasteiger partial charge is 0.382 e. The van der Waals surface area contributed by atoms with Gasteiger partial charge in [-0.1, -0.05) is 19.3 Å². The Bertz CT molecular complexity index is 451. The number of nitrogens with one attached hydrogen (secondary N) is 1. The summed E-state index contributed by atoms with van der Waals surface area (Å²) in [6, 6.07) is 4.10. The third-order valence-corrected chi connectivity index (χ3v) is 3.70. The molecule has 2 rings (SSSR count). The molecule has 0 spiro atoms. The van der Waals surface area contributed by atoms with Crippen LogP contribution >= 0.6 is 0 Å². The fourth-order valence-corrected chi connectivity index (χ4v) is 2.62. The molecule has 4 heteroatoms. The van der Waals surface area contributed by atoms with Crippen LogP contribution in [0, 0.1) is 24.0 Å². The molecule has 0 radical (unpaired) electrons. The Hall–Kier alpha value is -1.58. The number of nitro groups is 1. The van der Waals surface area contributed by atoms with Gasteiger partial charge in [-0.05, 0) is 38.3 Å². The molecule has 0 aliphatic heterocycles. The van der Waals surface area contributed by atoms with Gasteiger partial charge < -0.3 is 5.32 Å². The Labute approximate surface area is 108 Å². The highest BCUT2D eigenvalue weighted by atomic mass is 16.6. The van der Waals surface area contributed by atoms with Crippen molar-refractivity contribution in [2.45, 2.75) is 52.0 Å². The minimum atomic E-state index is -0.313. The van der Waals surface area contributed by atoms with E-state index < -0.39 is 0 Å². The van der Waals surface area contributed by atoms with Crippen LogP contribution in [-0.2, 0) is 0 Å². The predicted octanol–water partition coefficient (Wildman–Crippen LogP) is 3.96. The van der Waals surface area contributed by atoms with Crippen LogP contribution < -0.4 is 5.32 Å². The molecule has 0 aromatic heterocycles. The summed E-state index contributed by atoms with van der Waals surface area (Å²) in [5.74, 6) is 0. The van der Waals surface area contributed by atoms with Crippen LogP contribution in [0.25, 0.3) is 0 Å². The summed E-state index contributed by atoms with van der Waals surface area (Å²) in [6.07, 6.45) is 6.30. The fourth-order valence-electron chi connectivity index (χ4n) is 2.62. The van der Waals surface area contributed by atoms with E-state index in [0.29, 0.717) is 6.04 Å². The van der Waals surface area contributed by atoms with Gasteiger partial charge in [-0.2, -0.15) is 0 Å². The van der Waals surface area contributed by atoms with E-state index in [-0.39, 0.29) is 10.6 Å². The van der Waals surface area contributed by atoms with Crippen molar-refractivity contribution in [3.05, 3.63) is 33.4 Å². The first-order valence-corrected chi connectivity index (χ1v) is 6.60. The van der Waals surface area contributed by atoms with Gasteiger partial charge in [0.25, 0.3) is 5.69 Å². The number of rotatable bonds is 3. The molecule has 0 unspecified atom stereocenters. The lowest BCUT2D eigenvalue weighted by atomic mass is 9.95. The number of benzene rings is 1. The van der Waals surface area contributed by atoms with Gasteiger partial charge in [-0.25, -0.2) is 0 Å². The van der Waals surface area contributed by atoms with Gasteiger partial charge in [-0.15, -0.1) is 0 Å². The van der Waals surface area contributed by atoms with Crippen LogP contribution in [-0.4, -0.2) is 11.0 Å². The lowest BCUT2D eigenvalue weighted by Gasteiger charge is -2.25. The molecule has 1 N–H and O–H groups in total. The average molecular weight is 248 g/mol. The van der Waals surface area contributed by atoms with Crippen LogP contribution in [0.15, 0.2) is 12.1 Å². The Morgan fingerprint density at radius 3 is 2.44 bits per heavy atom. The molecule has 98 valence electrons. The van der Waals surface area contributed by atoms with E-state index in [1.807, 2.05) is 13.0 Å². The summed E-state index contributed by atoms with van der Waals surface area (Å²) in [6.45, 7) is 3.72. The highest BCUT2D eigenvalue weighted by molar-refractivity contribution is 5.59. The van der Waals surface area contributed by atoms with Crippen molar-refractivity contribution in [2.24, 2.45) is 0 Å². The van der Waals surface area contributed by atoms with Gasteiger partial charge in [0.05, 0.1) is 4.92 Å². The first-order chi connectivity index (χ1) is 8.58. The summed E-state index contributed by atoms with van der Waals surface area (Å²) in [4.78, 5) is 10.5. The van der Waals surface area contributed by atoms with Crippen molar-refractivity contribution in [1.82, 2.24) is 0 Å². The monoisotopic (exact) mass is 248 g/mol. The third kappa shape index (κ3) is 2.81. The van der Waals surface area contributed by atoms with E-state index in [0.717, 1.165) is 16.8 Å². The van der Waals surface area contributed by atoms with Gasteiger partial charge in [-0.3, -0.25) is 10.1 Å². The van der Waals surface area contributed by atoms with Gasteiger partial charge in [0.15, 0.2) is 0 Å². The molecular formula is C14H20N2O2. The van der Waals surface area contributed by atoms with Crippen molar-refractivity contribution in [2.75, 3.05) is 5.32 Å². The smallest absolute Gasteiger partial charge is 0.272 e. The molecule has 1 saturated carbocycles. The Morgan fingerprint density at radius 1 is 1.17 bits per heavy atom. The summed E-state index contributed by atoms with van der Waals surface area (Å²) in [5, 5.41) is 14.4. The molecular weight excluding hydrogens is 228 g/mol. The number of nitrogens with zero attached hydrogens (tertiary/aromatic N) is 1. The van der Waals surface area contributed by atoms with Crippen LogP contribution in [0.2, 0.25) is 0 Å². The van der Waals surface area contributed by atoms with E-state index >= 15 is 0 Å². The maximum atomic E-state index is 10.9. The molecule has 4 nitrogen and oxygen atoms in total. The van der Waals surface area contributed by atoms with Crippen molar-refractivity contribution in [1.29, 1.82) is 0 Å². The SMILES string of the molecule is Cc1cc([N+](=O)[O-])c(C)cc1NC1CCCCC1. The molecule has 1 aromatic rings. The predicted molar refractivity (Wildman–Crippen MR) is 73.1 cm³/mol. The molecule has 1 aliphatic carbocycles. The van der Waals surface area contributed by atoms with Crippen LogP contribution in [0.5, 0.6) is 0 Å². The number of aryl methyl sites for hydroxylation is 2. The first kappa shape index (κ1) is 12.9. The molecule has 0 heterocycles. The normalized spacial score (nSPS) is 16.6. The molecule has 18 heavy (non-hydrogen) atoms. The van der Waals surface area contributed by atoms with Gasteiger partial charge in [0.1, 0.15) is 0 Å². The average Bonchev–Trinajstić information content (AvgIpc) is 2.34. The Morgan fingerprint density at radius 2 is 1.83 bits per heavy atom. The summed E-state index contributed by atoms with van der Waals surface area (Å²) in [5.41, 5.74) is 2.94. The number of anilines is 1. The second kappa shape index (κ2) is 5.38. The zero-order valence-electron chi connectivity index (χ0n) is 11.0. The van der Waals surface area contributed by atoms with Crippen LogP contribution in [0.1, 0.15) is 43.2 Å². The quantitative estimate of drug-likeness (QED) is 0.650. The van der Waals surface area contributed by atoms with E-state index in [1.165, 1.54) is 32.1 Å². The zero-order valence-corrected chi connectivity index (χ0v) is 11.0. The fraction of sp³-hybridized carbons (Fsp3) is 0.571. The first-order valence-electron chi connectivity index (χ1n) is 6.60. The lowest BCUT2D eigenvalue weighted by Crippen LogP contribution is -2.22. The Balaban J connectivity index is 2.18. The van der Waals surface area contributed by atoms with Gasteiger partial charge in [0.2, 0.25) is 0 Å².